The molecule has 0 aromatic heterocycles. The van der Waals surface area contributed by atoms with E-state index in [9.17, 15) is 4.79 Å². The Morgan fingerprint density at radius 1 is 1.20 bits per heavy atom. The predicted octanol–water partition coefficient (Wildman–Crippen LogP) is -1.05. The van der Waals surface area contributed by atoms with Crippen molar-refractivity contribution in [2.45, 2.75) is 38.4 Å². The van der Waals surface area contributed by atoms with Crippen LogP contribution >= 0.6 is 0 Å². The molecule has 0 radical (unpaired) electrons. The van der Waals surface area contributed by atoms with Gasteiger partial charge in [0.25, 0.3) is 0 Å². The molecular formula is C9H20O6. The molecule has 0 amide bonds. The molecule has 0 aliphatic heterocycles. The minimum Gasteiger partial charge on any atom is -0.479 e. The van der Waals surface area contributed by atoms with Gasteiger partial charge in [0, 0.05) is 6.61 Å². The lowest BCUT2D eigenvalue weighted by molar-refractivity contribution is -0.145. The van der Waals surface area contributed by atoms with Gasteiger partial charge in [-0.1, -0.05) is 0 Å². The maximum absolute atomic E-state index is 9.45. The molecule has 6 heteroatoms. The predicted molar refractivity (Wildman–Crippen MR) is 53.3 cm³/mol. The minimum atomic E-state index is -1.23. The Morgan fingerprint density at radius 2 is 1.67 bits per heavy atom. The van der Waals surface area contributed by atoms with Gasteiger partial charge in [0.1, 0.15) is 6.10 Å². The van der Waals surface area contributed by atoms with Crippen molar-refractivity contribution in [3.8, 4) is 0 Å². The zero-order chi connectivity index (χ0) is 12.3. The van der Waals surface area contributed by atoms with E-state index in [0.29, 0.717) is 12.8 Å². The maximum atomic E-state index is 9.45. The van der Waals surface area contributed by atoms with E-state index in [-0.39, 0.29) is 13.2 Å². The summed E-state index contributed by atoms with van der Waals surface area (Å²) in [4.78, 5) is 9.45. The number of carboxylic acid groups (broad SMARTS) is 1. The van der Waals surface area contributed by atoms with Gasteiger partial charge in [-0.25, -0.2) is 4.79 Å². The lowest BCUT2D eigenvalue weighted by Gasteiger charge is -2.03. The second kappa shape index (κ2) is 11.4. The summed E-state index contributed by atoms with van der Waals surface area (Å²) in [5.41, 5.74) is 0. The van der Waals surface area contributed by atoms with Crippen molar-refractivity contribution in [2.24, 2.45) is 0 Å². The van der Waals surface area contributed by atoms with Crippen molar-refractivity contribution in [2.75, 3.05) is 13.2 Å². The summed E-state index contributed by atoms with van der Waals surface area (Å²) in [5.74, 6) is -1.19. The first kappa shape index (κ1) is 16.7. The maximum Gasteiger partial charge on any atom is 0.332 e. The Balaban J connectivity index is 0. The number of aliphatic carboxylic acids is 1. The third-order valence-electron chi connectivity index (χ3n) is 1.51. The van der Waals surface area contributed by atoms with Gasteiger partial charge in [-0.15, -0.1) is 0 Å². The first-order valence-electron chi connectivity index (χ1n) is 4.76. The van der Waals surface area contributed by atoms with Crippen molar-refractivity contribution in [3.05, 3.63) is 0 Å². The van der Waals surface area contributed by atoms with E-state index >= 15 is 0 Å². The molecule has 6 nitrogen and oxygen atoms in total. The van der Waals surface area contributed by atoms with Crippen molar-refractivity contribution >= 4 is 5.97 Å². The summed E-state index contributed by atoms with van der Waals surface area (Å²) in [6.45, 7) is 1.19. The summed E-state index contributed by atoms with van der Waals surface area (Å²) in [5, 5.41) is 41.2. The highest BCUT2D eigenvalue weighted by Crippen LogP contribution is 1.98. The zero-order valence-electron chi connectivity index (χ0n) is 8.83. The highest BCUT2D eigenvalue weighted by Gasteiger charge is 2.01. The lowest BCUT2D eigenvalue weighted by Crippen LogP contribution is -2.13. The molecule has 92 valence electrons. The van der Waals surface area contributed by atoms with Gasteiger partial charge in [0.05, 0.1) is 12.7 Å². The van der Waals surface area contributed by atoms with Crippen LogP contribution < -0.4 is 0 Å². The Bertz CT molecular complexity index is 148. The molecule has 0 spiro atoms. The van der Waals surface area contributed by atoms with Crippen molar-refractivity contribution in [1.82, 2.24) is 0 Å². The molecule has 0 aromatic rings. The first-order valence-corrected chi connectivity index (χ1v) is 4.76. The van der Waals surface area contributed by atoms with E-state index in [0.717, 1.165) is 6.42 Å². The number of aliphatic hydroxyl groups is 4. The van der Waals surface area contributed by atoms with Crippen LogP contribution in [0, 0.1) is 0 Å². The van der Waals surface area contributed by atoms with Crippen molar-refractivity contribution in [1.29, 1.82) is 0 Å². The molecule has 5 N–H and O–H groups in total. The number of aliphatic hydroxyl groups excluding tert-OH is 4. The van der Waals surface area contributed by atoms with Gasteiger partial charge in [-0.2, -0.15) is 0 Å². The van der Waals surface area contributed by atoms with Crippen LogP contribution in [0.15, 0.2) is 0 Å². The quantitative estimate of drug-likeness (QED) is 0.367. The molecule has 0 bridgehead atoms. The molecule has 2 atom stereocenters. The molecule has 0 rings (SSSR count). The van der Waals surface area contributed by atoms with Crippen LogP contribution in [0.25, 0.3) is 0 Å². The monoisotopic (exact) mass is 224 g/mol. The highest BCUT2D eigenvalue weighted by atomic mass is 16.4. The third-order valence-corrected chi connectivity index (χ3v) is 1.51. The number of unbranched alkanes of at least 4 members (excludes halogenated alkanes) is 1. The standard InChI is InChI=1S/C6H14O3.C3H6O3/c7-4-2-1-3-6(9)5-8;1-2(4)3(5)6/h6-9H,1-5H2;2,4H,1H3,(H,5,6). The van der Waals surface area contributed by atoms with Crippen molar-refractivity contribution in [3.63, 3.8) is 0 Å². The molecular weight excluding hydrogens is 204 g/mol. The van der Waals surface area contributed by atoms with Gasteiger partial charge < -0.3 is 25.5 Å². The molecule has 0 fully saturated rings. The van der Waals surface area contributed by atoms with Crippen LogP contribution in [0.2, 0.25) is 0 Å². The topological polar surface area (TPSA) is 118 Å². The lowest BCUT2D eigenvalue weighted by atomic mass is 10.2. The summed E-state index contributed by atoms with van der Waals surface area (Å²) in [6, 6.07) is 0. The summed E-state index contributed by atoms with van der Waals surface area (Å²) < 4.78 is 0. The highest BCUT2D eigenvalue weighted by molar-refractivity contribution is 5.71. The van der Waals surface area contributed by atoms with E-state index < -0.39 is 18.2 Å². The number of carbonyl (C=O) groups is 1. The number of hydrogen-bond acceptors (Lipinski definition) is 5. The molecule has 2 unspecified atom stereocenters. The van der Waals surface area contributed by atoms with Crippen LogP contribution in [0.3, 0.4) is 0 Å². The average Bonchev–Trinajstić information content (AvgIpc) is 2.18. The van der Waals surface area contributed by atoms with E-state index in [2.05, 4.69) is 0 Å². The van der Waals surface area contributed by atoms with Gasteiger partial charge in [0.15, 0.2) is 0 Å². The molecule has 0 aliphatic carbocycles. The van der Waals surface area contributed by atoms with Gasteiger partial charge in [-0.3, -0.25) is 0 Å². The van der Waals surface area contributed by atoms with E-state index in [4.69, 9.17) is 25.5 Å². The fourth-order valence-electron chi connectivity index (χ4n) is 0.583. The second-order valence-electron chi connectivity index (χ2n) is 3.07. The normalized spacial score (nSPS) is 13.7. The third kappa shape index (κ3) is 16.0. The van der Waals surface area contributed by atoms with E-state index in [1.54, 1.807) is 0 Å². The van der Waals surface area contributed by atoms with Crippen LogP contribution in [0.5, 0.6) is 0 Å². The smallest absolute Gasteiger partial charge is 0.332 e. The number of carboxylic acids is 1. The van der Waals surface area contributed by atoms with Crippen LogP contribution in [0.1, 0.15) is 26.2 Å². The van der Waals surface area contributed by atoms with Gasteiger partial charge in [0.2, 0.25) is 0 Å². The summed E-state index contributed by atoms with van der Waals surface area (Å²) in [6.07, 6.45) is 0.230. The summed E-state index contributed by atoms with van der Waals surface area (Å²) >= 11 is 0. The van der Waals surface area contributed by atoms with E-state index in [1.165, 1.54) is 6.92 Å². The van der Waals surface area contributed by atoms with E-state index in [1.807, 2.05) is 0 Å². The molecule has 15 heavy (non-hydrogen) atoms. The Labute approximate surface area is 88.8 Å². The second-order valence-corrected chi connectivity index (χ2v) is 3.07. The molecule has 0 saturated heterocycles. The molecule has 0 aliphatic rings. The van der Waals surface area contributed by atoms with Crippen LogP contribution in [-0.4, -0.2) is 56.9 Å². The van der Waals surface area contributed by atoms with Crippen LogP contribution in [-0.2, 0) is 4.79 Å². The Morgan fingerprint density at radius 3 is 1.93 bits per heavy atom. The molecule has 0 heterocycles. The van der Waals surface area contributed by atoms with Crippen LogP contribution in [0.4, 0.5) is 0 Å². The van der Waals surface area contributed by atoms with Crippen molar-refractivity contribution < 1.29 is 30.3 Å². The Kier molecular flexibility index (Phi) is 12.7. The Hall–Kier alpha value is -0.690. The summed E-state index contributed by atoms with van der Waals surface area (Å²) in [7, 11) is 0. The fraction of sp³-hybridized carbons (Fsp3) is 0.889. The number of rotatable bonds is 6. The zero-order valence-corrected chi connectivity index (χ0v) is 8.83. The SMILES string of the molecule is CC(O)C(=O)O.OCCCCC(O)CO. The largest absolute Gasteiger partial charge is 0.479 e. The molecule has 0 saturated carbocycles. The number of hydrogen-bond donors (Lipinski definition) is 5. The van der Waals surface area contributed by atoms with Gasteiger partial charge in [-0.05, 0) is 26.2 Å². The molecule has 0 aromatic carbocycles. The van der Waals surface area contributed by atoms with Gasteiger partial charge >= 0.3 is 5.97 Å². The average molecular weight is 224 g/mol. The first-order chi connectivity index (χ1) is 6.95. The fourth-order valence-corrected chi connectivity index (χ4v) is 0.583. The minimum absolute atomic E-state index is 0.165.